The van der Waals surface area contributed by atoms with Gasteiger partial charge < -0.3 is 9.67 Å². The van der Waals surface area contributed by atoms with E-state index in [0.29, 0.717) is 5.56 Å². The van der Waals surface area contributed by atoms with Crippen molar-refractivity contribution >= 4 is 5.97 Å². The Bertz CT molecular complexity index is 950. The smallest absolute Gasteiger partial charge is 0.416 e. The molecule has 0 fully saturated rings. The van der Waals surface area contributed by atoms with Crippen molar-refractivity contribution in [3.63, 3.8) is 0 Å². The predicted molar refractivity (Wildman–Crippen MR) is 87.7 cm³/mol. The van der Waals surface area contributed by atoms with Gasteiger partial charge in [-0.25, -0.2) is 9.78 Å². The number of aryl methyl sites for hydroxylation is 1. The minimum Gasteiger partial charge on any atom is -0.477 e. The fraction of sp³-hybridized carbons (Fsp3) is 0.167. The topological polar surface area (TPSA) is 68.0 Å². The molecule has 0 aliphatic carbocycles. The van der Waals surface area contributed by atoms with Gasteiger partial charge in [0.1, 0.15) is 5.82 Å². The molecular formula is C18H14F3N3O2. The maximum absolute atomic E-state index is 13.3. The maximum Gasteiger partial charge on any atom is 0.416 e. The van der Waals surface area contributed by atoms with Gasteiger partial charge in [0.25, 0.3) is 0 Å². The highest BCUT2D eigenvalue weighted by molar-refractivity contribution is 5.88. The molecular weight excluding hydrogens is 347 g/mol. The number of aromatic nitrogens is 3. The highest BCUT2D eigenvalue weighted by Gasteiger charge is 2.33. The number of carboxylic acid groups (broad SMARTS) is 1. The monoisotopic (exact) mass is 361 g/mol. The third-order valence-corrected chi connectivity index (χ3v) is 3.92. The van der Waals surface area contributed by atoms with Crippen LogP contribution in [0.25, 0.3) is 11.4 Å². The number of carbonyl (C=O) groups is 1. The summed E-state index contributed by atoms with van der Waals surface area (Å²) in [7, 11) is 0. The quantitative estimate of drug-likeness (QED) is 0.762. The SMILES string of the molecule is Cc1nc(-c2cccnc2)n(Cc2ccccc2C(F)(F)F)c1C(=O)O. The zero-order valence-corrected chi connectivity index (χ0v) is 13.7. The third-order valence-electron chi connectivity index (χ3n) is 3.92. The van der Waals surface area contributed by atoms with Gasteiger partial charge in [-0.3, -0.25) is 4.98 Å². The van der Waals surface area contributed by atoms with Gasteiger partial charge in [0.2, 0.25) is 0 Å². The van der Waals surface area contributed by atoms with E-state index < -0.39 is 17.7 Å². The summed E-state index contributed by atoms with van der Waals surface area (Å²) in [5.41, 5.74) is -0.251. The Labute approximate surface area is 146 Å². The molecule has 0 radical (unpaired) electrons. The molecule has 0 aliphatic heterocycles. The molecule has 1 N–H and O–H groups in total. The normalized spacial score (nSPS) is 11.5. The highest BCUT2D eigenvalue weighted by Crippen LogP contribution is 2.33. The largest absolute Gasteiger partial charge is 0.477 e. The van der Waals surface area contributed by atoms with Gasteiger partial charge in [0.15, 0.2) is 5.69 Å². The van der Waals surface area contributed by atoms with Crippen LogP contribution in [-0.2, 0) is 12.7 Å². The second-order valence-corrected chi connectivity index (χ2v) is 5.66. The van der Waals surface area contributed by atoms with Crippen molar-refractivity contribution in [1.82, 2.24) is 14.5 Å². The van der Waals surface area contributed by atoms with E-state index in [1.165, 1.54) is 35.9 Å². The zero-order valence-electron chi connectivity index (χ0n) is 13.7. The number of carboxylic acids is 1. The molecule has 26 heavy (non-hydrogen) atoms. The zero-order chi connectivity index (χ0) is 18.9. The van der Waals surface area contributed by atoms with E-state index in [9.17, 15) is 23.1 Å². The van der Waals surface area contributed by atoms with E-state index in [2.05, 4.69) is 9.97 Å². The first kappa shape index (κ1) is 17.7. The Morgan fingerprint density at radius 2 is 1.92 bits per heavy atom. The second kappa shape index (κ2) is 6.62. The van der Waals surface area contributed by atoms with E-state index in [-0.39, 0.29) is 29.3 Å². The number of pyridine rings is 1. The molecule has 2 aromatic heterocycles. The maximum atomic E-state index is 13.3. The number of benzene rings is 1. The van der Waals surface area contributed by atoms with E-state index in [4.69, 9.17) is 0 Å². The average molecular weight is 361 g/mol. The summed E-state index contributed by atoms with van der Waals surface area (Å²) in [6, 6.07) is 8.41. The average Bonchev–Trinajstić information content (AvgIpc) is 2.91. The summed E-state index contributed by atoms with van der Waals surface area (Å²) >= 11 is 0. The number of nitrogens with zero attached hydrogens (tertiary/aromatic N) is 3. The van der Waals surface area contributed by atoms with Gasteiger partial charge in [0.05, 0.1) is 17.8 Å². The molecule has 0 saturated carbocycles. The summed E-state index contributed by atoms with van der Waals surface area (Å²) in [5.74, 6) is -1.00. The Balaban J connectivity index is 2.18. The lowest BCUT2D eigenvalue weighted by Gasteiger charge is -2.15. The van der Waals surface area contributed by atoms with E-state index in [1.807, 2.05) is 0 Å². The number of aromatic carboxylic acids is 1. The van der Waals surface area contributed by atoms with Crippen LogP contribution >= 0.6 is 0 Å². The van der Waals surface area contributed by atoms with Crippen molar-refractivity contribution in [2.45, 2.75) is 19.6 Å². The first-order valence-electron chi connectivity index (χ1n) is 7.65. The minimum atomic E-state index is -4.54. The van der Waals surface area contributed by atoms with Crippen molar-refractivity contribution in [3.05, 3.63) is 71.3 Å². The molecule has 3 aromatic rings. The van der Waals surface area contributed by atoms with Gasteiger partial charge in [-0.1, -0.05) is 18.2 Å². The first-order valence-corrected chi connectivity index (χ1v) is 7.65. The van der Waals surface area contributed by atoms with Crippen molar-refractivity contribution in [2.75, 3.05) is 0 Å². The number of hydrogen-bond acceptors (Lipinski definition) is 3. The molecule has 3 rings (SSSR count). The van der Waals surface area contributed by atoms with Gasteiger partial charge in [-0.15, -0.1) is 0 Å². The number of rotatable bonds is 4. The Morgan fingerprint density at radius 3 is 2.54 bits per heavy atom. The van der Waals surface area contributed by atoms with Crippen molar-refractivity contribution < 1.29 is 23.1 Å². The summed E-state index contributed by atoms with van der Waals surface area (Å²) in [5, 5.41) is 9.52. The molecule has 0 unspecified atom stereocenters. The number of hydrogen-bond donors (Lipinski definition) is 1. The lowest BCUT2D eigenvalue weighted by atomic mass is 10.1. The van der Waals surface area contributed by atoms with Crippen LogP contribution in [0, 0.1) is 6.92 Å². The Hall–Kier alpha value is -3.16. The van der Waals surface area contributed by atoms with Crippen LogP contribution in [0.3, 0.4) is 0 Å². The van der Waals surface area contributed by atoms with Crippen LogP contribution in [0.4, 0.5) is 13.2 Å². The highest BCUT2D eigenvalue weighted by atomic mass is 19.4. The van der Waals surface area contributed by atoms with Crippen LogP contribution < -0.4 is 0 Å². The van der Waals surface area contributed by atoms with Crippen molar-refractivity contribution in [3.8, 4) is 11.4 Å². The fourth-order valence-electron chi connectivity index (χ4n) is 2.82. The van der Waals surface area contributed by atoms with E-state index in [1.54, 1.807) is 18.3 Å². The minimum absolute atomic E-state index is 0.0370. The fourth-order valence-corrected chi connectivity index (χ4v) is 2.82. The van der Waals surface area contributed by atoms with E-state index in [0.717, 1.165) is 6.07 Å². The van der Waals surface area contributed by atoms with Gasteiger partial charge in [0, 0.05) is 18.0 Å². The molecule has 5 nitrogen and oxygen atoms in total. The van der Waals surface area contributed by atoms with Crippen LogP contribution in [0.2, 0.25) is 0 Å². The molecule has 0 atom stereocenters. The predicted octanol–water partition coefficient (Wildman–Crippen LogP) is 4.02. The van der Waals surface area contributed by atoms with Gasteiger partial charge in [-0.05, 0) is 30.7 Å². The molecule has 1 aromatic carbocycles. The molecule has 134 valence electrons. The van der Waals surface area contributed by atoms with Crippen LogP contribution in [0.15, 0.2) is 48.8 Å². The summed E-state index contributed by atoms with van der Waals surface area (Å²) in [6.45, 7) is 1.23. The molecule has 0 bridgehead atoms. The molecule has 8 heteroatoms. The lowest BCUT2D eigenvalue weighted by Crippen LogP contribution is -2.16. The van der Waals surface area contributed by atoms with Crippen molar-refractivity contribution in [2.24, 2.45) is 0 Å². The number of imidazole rings is 1. The first-order chi connectivity index (χ1) is 12.3. The second-order valence-electron chi connectivity index (χ2n) is 5.66. The van der Waals surface area contributed by atoms with Crippen LogP contribution in [-0.4, -0.2) is 25.6 Å². The molecule has 0 saturated heterocycles. The van der Waals surface area contributed by atoms with Gasteiger partial charge in [-0.2, -0.15) is 13.2 Å². The molecule has 0 amide bonds. The number of halogens is 3. The summed E-state index contributed by atoms with van der Waals surface area (Å²) in [4.78, 5) is 19.9. The summed E-state index contributed by atoms with van der Waals surface area (Å²) in [6.07, 6.45) is -1.51. The Morgan fingerprint density at radius 1 is 1.19 bits per heavy atom. The Kier molecular flexibility index (Phi) is 4.50. The summed E-state index contributed by atoms with van der Waals surface area (Å²) < 4.78 is 41.1. The standard InChI is InChI=1S/C18H14F3N3O2/c1-11-15(17(25)26)24(16(23-11)12-6-4-8-22-9-12)10-13-5-2-3-7-14(13)18(19,20)21/h2-9H,10H2,1H3,(H,25,26). The molecule has 0 spiro atoms. The lowest BCUT2D eigenvalue weighted by molar-refractivity contribution is -0.138. The molecule has 2 heterocycles. The molecule has 0 aliphatic rings. The third kappa shape index (κ3) is 3.30. The van der Waals surface area contributed by atoms with Gasteiger partial charge >= 0.3 is 12.1 Å². The van der Waals surface area contributed by atoms with Crippen LogP contribution in [0.5, 0.6) is 0 Å². The number of alkyl halides is 3. The van der Waals surface area contributed by atoms with Crippen molar-refractivity contribution in [1.29, 1.82) is 0 Å². The van der Waals surface area contributed by atoms with E-state index >= 15 is 0 Å². The van der Waals surface area contributed by atoms with Crippen LogP contribution in [0.1, 0.15) is 27.3 Å².